The molecule has 140 valence electrons. The Bertz CT molecular complexity index is 693. The Morgan fingerprint density at radius 1 is 1.27 bits per heavy atom. The Balaban J connectivity index is 1.54. The van der Waals surface area contributed by atoms with Crippen LogP contribution in [0.4, 0.5) is 0 Å². The molecule has 0 atom stereocenters. The van der Waals surface area contributed by atoms with Gasteiger partial charge >= 0.3 is 0 Å². The molecule has 3 rings (SSSR count). The van der Waals surface area contributed by atoms with E-state index in [1.54, 1.807) is 11.3 Å². The Morgan fingerprint density at radius 2 is 2.04 bits per heavy atom. The van der Waals surface area contributed by atoms with Gasteiger partial charge in [-0.05, 0) is 25.5 Å². The summed E-state index contributed by atoms with van der Waals surface area (Å²) in [6, 6.07) is 10.1. The van der Waals surface area contributed by atoms with Crippen LogP contribution in [-0.2, 0) is 13.0 Å². The maximum Gasteiger partial charge on any atom is 0.194 e. The van der Waals surface area contributed by atoms with E-state index in [4.69, 9.17) is 9.73 Å². The third-order valence-corrected chi connectivity index (χ3v) is 5.46. The number of nitrogens with zero attached hydrogens (tertiary/aromatic N) is 3. The molecule has 1 aliphatic heterocycles. The summed E-state index contributed by atoms with van der Waals surface area (Å²) in [4.78, 5) is 11.7. The third-order valence-electron chi connectivity index (χ3n) is 4.41. The molecule has 1 aromatic carbocycles. The van der Waals surface area contributed by atoms with E-state index in [1.807, 2.05) is 30.3 Å². The quantitative estimate of drug-likeness (QED) is 0.620. The summed E-state index contributed by atoms with van der Waals surface area (Å²) in [6.45, 7) is 7.67. The lowest BCUT2D eigenvalue weighted by Crippen LogP contribution is -2.47. The molecule has 0 bridgehead atoms. The number of aliphatic imine (C=N–C) groups is 1. The van der Waals surface area contributed by atoms with Gasteiger partial charge in [-0.15, -0.1) is 11.3 Å². The smallest absolute Gasteiger partial charge is 0.194 e. The van der Waals surface area contributed by atoms with Gasteiger partial charge in [-0.3, -0.25) is 0 Å². The lowest BCUT2D eigenvalue weighted by molar-refractivity contribution is 0.129. The largest absolute Gasteiger partial charge is 0.490 e. The fourth-order valence-corrected chi connectivity index (χ4v) is 3.78. The first kappa shape index (κ1) is 18.7. The highest BCUT2D eigenvalue weighted by Gasteiger charge is 2.22. The number of para-hydroxylation sites is 1. The summed E-state index contributed by atoms with van der Waals surface area (Å²) >= 11 is 1.72. The van der Waals surface area contributed by atoms with E-state index in [2.05, 4.69) is 34.4 Å². The first-order chi connectivity index (χ1) is 12.8. The molecule has 1 aliphatic rings. The highest BCUT2D eigenvalue weighted by Crippen LogP contribution is 2.19. The molecule has 6 heteroatoms. The molecule has 2 heterocycles. The molecule has 0 radical (unpaired) electrons. The van der Waals surface area contributed by atoms with Crippen molar-refractivity contribution in [2.75, 3.05) is 19.6 Å². The Morgan fingerprint density at radius 3 is 2.69 bits per heavy atom. The van der Waals surface area contributed by atoms with Gasteiger partial charge in [0.25, 0.3) is 0 Å². The van der Waals surface area contributed by atoms with Crippen LogP contribution in [0.2, 0.25) is 0 Å². The molecule has 0 spiro atoms. The Labute approximate surface area is 160 Å². The number of hydrogen-bond donors (Lipinski definition) is 1. The molecular formula is C20H28N4OS. The molecule has 1 saturated heterocycles. The van der Waals surface area contributed by atoms with E-state index in [9.17, 15) is 0 Å². The summed E-state index contributed by atoms with van der Waals surface area (Å²) in [7, 11) is 0. The number of ether oxygens (including phenoxy) is 1. The molecule has 1 fully saturated rings. The molecule has 0 amide bonds. The van der Waals surface area contributed by atoms with Crippen molar-refractivity contribution < 1.29 is 4.74 Å². The average Bonchev–Trinajstić information content (AvgIpc) is 3.15. The van der Waals surface area contributed by atoms with Crippen LogP contribution in [0, 0.1) is 0 Å². The maximum atomic E-state index is 6.09. The second-order valence-corrected chi connectivity index (χ2v) is 7.32. The van der Waals surface area contributed by atoms with Gasteiger partial charge in [0.1, 0.15) is 11.9 Å². The molecule has 5 nitrogen and oxygen atoms in total. The standard InChI is InChI=1S/C20H28N4OS/c1-3-19-23-16(15-26-19)14-22-20(21-4-2)24-12-10-18(11-13-24)25-17-8-6-5-7-9-17/h5-9,15,18H,3-4,10-14H2,1-2H3,(H,21,22). The average molecular weight is 373 g/mol. The van der Waals surface area contributed by atoms with E-state index in [0.29, 0.717) is 6.54 Å². The zero-order chi connectivity index (χ0) is 18.2. The van der Waals surface area contributed by atoms with Crippen molar-refractivity contribution in [1.29, 1.82) is 0 Å². The normalized spacial score (nSPS) is 15.9. The highest BCUT2D eigenvalue weighted by atomic mass is 32.1. The molecule has 1 N–H and O–H groups in total. The highest BCUT2D eigenvalue weighted by molar-refractivity contribution is 7.09. The number of likely N-dealkylation sites (tertiary alicyclic amines) is 1. The van der Waals surface area contributed by atoms with Crippen molar-refractivity contribution in [3.63, 3.8) is 0 Å². The van der Waals surface area contributed by atoms with Gasteiger partial charge in [0.15, 0.2) is 5.96 Å². The van der Waals surface area contributed by atoms with Crippen LogP contribution in [-0.4, -0.2) is 41.6 Å². The molecule has 26 heavy (non-hydrogen) atoms. The number of rotatable bonds is 6. The number of benzene rings is 1. The minimum atomic E-state index is 0.280. The lowest BCUT2D eigenvalue weighted by atomic mass is 10.1. The summed E-state index contributed by atoms with van der Waals surface area (Å²) in [5.41, 5.74) is 1.06. The lowest BCUT2D eigenvalue weighted by Gasteiger charge is -2.34. The van der Waals surface area contributed by atoms with Crippen molar-refractivity contribution in [2.45, 2.75) is 45.8 Å². The van der Waals surface area contributed by atoms with Crippen LogP contribution in [0.15, 0.2) is 40.7 Å². The molecule has 0 saturated carbocycles. The van der Waals surface area contributed by atoms with Gasteiger partial charge in [0.2, 0.25) is 0 Å². The molecule has 1 aromatic heterocycles. The minimum absolute atomic E-state index is 0.280. The fourth-order valence-electron chi connectivity index (χ4n) is 3.04. The number of aromatic nitrogens is 1. The van der Waals surface area contributed by atoms with Gasteiger partial charge in [-0.1, -0.05) is 25.1 Å². The Hall–Kier alpha value is -2.08. The zero-order valence-corrected chi connectivity index (χ0v) is 16.5. The number of thiazole rings is 1. The van der Waals surface area contributed by atoms with Crippen molar-refractivity contribution >= 4 is 17.3 Å². The number of guanidine groups is 1. The van der Waals surface area contributed by atoms with E-state index in [-0.39, 0.29) is 6.10 Å². The van der Waals surface area contributed by atoms with Crippen molar-refractivity contribution in [2.24, 2.45) is 4.99 Å². The second kappa shape index (κ2) is 9.57. The van der Waals surface area contributed by atoms with Crippen LogP contribution in [0.5, 0.6) is 5.75 Å². The Kier molecular flexibility index (Phi) is 6.89. The number of piperidine rings is 1. The molecule has 0 aliphatic carbocycles. The second-order valence-electron chi connectivity index (χ2n) is 6.37. The van der Waals surface area contributed by atoms with E-state index in [0.717, 1.165) is 56.3 Å². The molecule has 2 aromatic rings. The van der Waals surface area contributed by atoms with Crippen LogP contribution >= 0.6 is 11.3 Å². The summed E-state index contributed by atoms with van der Waals surface area (Å²) in [5.74, 6) is 1.94. The number of nitrogens with one attached hydrogen (secondary N) is 1. The van der Waals surface area contributed by atoms with Gasteiger partial charge in [0.05, 0.1) is 17.2 Å². The SMILES string of the molecule is CCNC(=NCc1csc(CC)n1)N1CCC(Oc2ccccc2)CC1. The third kappa shape index (κ3) is 5.21. The van der Waals surface area contributed by atoms with Crippen molar-refractivity contribution in [1.82, 2.24) is 15.2 Å². The monoisotopic (exact) mass is 372 g/mol. The van der Waals surface area contributed by atoms with Gasteiger partial charge in [-0.25, -0.2) is 9.98 Å². The predicted molar refractivity (Wildman–Crippen MR) is 108 cm³/mol. The first-order valence-corrected chi connectivity index (χ1v) is 10.3. The number of hydrogen-bond acceptors (Lipinski definition) is 4. The van der Waals surface area contributed by atoms with Gasteiger partial charge in [0, 0.05) is 37.9 Å². The fraction of sp³-hybridized carbons (Fsp3) is 0.500. The van der Waals surface area contributed by atoms with Crippen LogP contribution in [0.3, 0.4) is 0 Å². The van der Waals surface area contributed by atoms with Crippen LogP contribution in [0.1, 0.15) is 37.4 Å². The van der Waals surface area contributed by atoms with Crippen LogP contribution < -0.4 is 10.1 Å². The summed E-state index contributed by atoms with van der Waals surface area (Å²) < 4.78 is 6.09. The maximum absolute atomic E-state index is 6.09. The van der Waals surface area contributed by atoms with E-state index in [1.165, 1.54) is 5.01 Å². The van der Waals surface area contributed by atoms with E-state index >= 15 is 0 Å². The predicted octanol–water partition coefficient (Wildman–Crippen LogP) is 3.71. The minimum Gasteiger partial charge on any atom is -0.490 e. The first-order valence-electron chi connectivity index (χ1n) is 9.46. The molecular weight excluding hydrogens is 344 g/mol. The number of aryl methyl sites for hydroxylation is 1. The molecule has 0 unspecified atom stereocenters. The van der Waals surface area contributed by atoms with Gasteiger partial charge in [-0.2, -0.15) is 0 Å². The summed E-state index contributed by atoms with van der Waals surface area (Å²) in [6.07, 6.45) is 3.29. The summed E-state index contributed by atoms with van der Waals surface area (Å²) in [5, 5.41) is 6.72. The van der Waals surface area contributed by atoms with Crippen LogP contribution in [0.25, 0.3) is 0 Å². The van der Waals surface area contributed by atoms with Gasteiger partial charge < -0.3 is 15.0 Å². The van der Waals surface area contributed by atoms with Crippen molar-refractivity contribution in [3.8, 4) is 5.75 Å². The van der Waals surface area contributed by atoms with E-state index < -0.39 is 0 Å². The zero-order valence-electron chi connectivity index (χ0n) is 15.6. The van der Waals surface area contributed by atoms with Crippen molar-refractivity contribution in [3.05, 3.63) is 46.4 Å². The topological polar surface area (TPSA) is 49.8 Å².